The molecule has 31 heavy (non-hydrogen) atoms. The van der Waals surface area contributed by atoms with Crippen LogP contribution in [0.5, 0.6) is 11.5 Å². The highest BCUT2D eigenvalue weighted by Crippen LogP contribution is 2.34. The van der Waals surface area contributed by atoms with Gasteiger partial charge in [0.1, 0.15) is 12.4 Å². The van der Waals surface area contributed by atoms with Gasteiger partial charge in [-0.15, -0.1) is 0 Å². The molecule has 0 fully saturated rings. The molecule has 3 aromatic carbocycles. The van der Waals surface area contributed by atoms with Gasteiger partial charge in [0, 0.05) is 11.8 Å². The van der Waals surface area contributed by atoms with Crippen molar-refractivity contribution in [3.63, 3.8) is 0 Å². The Hall–Kier alpha value is -3.59. The van der Waals surface area contributed by atoms with E-state index in [-0.39, 0.29) is 17.4 Å². The normalized spacial score (nSPS) is 12.5. The van der Waals surface area contributed by atoms with E-state index in [0.29, 0.717) is 17.2 Å². The van der Waals surface area contributed by atoms with Gasteiger partial charge in [-0.25, -0.2) is 12.8 Å². The molecule has 7 nitrogen and oxygen atoms in total. The molecular formula is C22H19FN2O5S. The molecule has 0 radical (unpaired) electrons. The van der Waals surface area contributed by atoms with Crippen LogP contribution >= 0.6 is 0 Å². The number of carbonyl (C=O) groups is 1. The van der Waals surface area contributed by atoms with E-state index >= 15 is 0 Å². The quantitative estimate of drug-likeness (QED) is 0.629. The largest absolute Gasteiger partial charge is 0.454 e. The van der Waals surface area contributed by atoms with Crippen molar-refractivity contribution in [1.29, 1.82) is 0 Å². The van der Waals surface area contributed by atoms with Crippen LogP contribution in [0.2, 0.25) is 0 Å². The van der Waals surface area contributed by atoms with Gasteiger partial charge in [-0.3, -0.25) is 9.10 Å². The average Bonchev–Trinajstić information content (AvgIpc) is 3.21. The summed E-state index contributed by atoms with van der Waals surface area (Å²) in [6.45, 7) is 1.43. The second kappa shape index (κ2) is 8.27. The Morgan fingerprint density at radius 2 is 1.68 bits per heavy atom. The number of ether oxygens (including phenoxy) is 2. The van der Waals surface area contributed by atoms with E-state index in [9.17, 15) is 17.6 Å². The van der Waals surface area contributed by atoms with Crippen LogP contribution in [-0.2, 0) is 14.8 Å². The van der Waals surface area contributed by atoms with Crippen LogP contribution in [0.4, 0.5) is 15.8 Å². The zero-order valence-corrected chi connectivity index (χ0v) is 17.4. The highest BCUT2D eigenvalue weighted by Gasteiger charge is 2.27. The topological polar surface area (TPSA) is 84.9 Å². The third-order valence-corrected chi connectivity index (χ3v) is 6.46. The van der Waals surface area contributed by atoms with Crippen LogP contribution in [0.1, 0.15) is 5.56 Å². The number of hydrogen-bond donors (Lipinski definition) is 1. The first-order chi connectivity index (χ1) is 14.8. The summed E-state index contributed by atoms with van der Waals surface area (Å²) in [5.74, 6) is -0.0338. The molecule has 0 saturated carbocycles. The summed E-state index contributed by atoms with van der Waals surface area (Å²) in [4.78, 5) is 12.8. The molecule has 1 amide bonds. The van der Waals surface area contributed by atoms with Crippen molar-refractivity contribution in [3.05, 3.63) is 78.1 Å². The lowest BCUT2D eigenvalue weighted by Gasteiger charge is -2.24. The summed E-state index contributed by atoms with van der Waals surface area (Å²) in [5.41, 5.74) is 1.50. The molecule has 0 aliphatic carbocycles. The summed E-state index contributed by atoms with van der Waals surface area (Å²) in [6.07, 6.45) is 0. The maximum absolute atomic E-state index is 13.4. The smallest absolute Gasteiger partial charge is 0.264 e. The first-order valence-corrected chi connectivity index (χ1v) is 10.8. The van der Waals surface area contributed by atoms with Gasteiger partial charge in [-0.1, -0.05) is 17.7 Å². The van der Waals surface area contributed by atoms with Crippen molar-refractivity contribution in [2.24, 2.45) is 0 Å². The Bertz CT molecular complexity index is 1210. The van der Waals surface area contributed by atoms with Gasteiger partial charge < -0.3 is 14.8 Å². The molecule has 1 N–H and O–H groups in total. The summed E-state index contributed by atoms with van der Waals surface area (Å²) >= 11 is 0. The van der Waals surface area contributed by atoms with Crippen LogP contribution in [-0.4, -0.2) is 27.7 Å². The Morgan fingerprint density at radius 1 is 1.00 bits per heavy atom. The minimum atomic E-state index is -4.08. The van der Waals surface area contributed by atoms with Gasteiger partial charge >= 0.3 is 0 Å². The number of fused-ring (bicyclic) bond motifs is 1. The summed E-state index contributed by atoms with van der Waals surface area (Å²) in [5, 5.41) is 2.66. The number of amides is 1. The minimum absolute atomic E-state index is 0.0262. The number of rotatable bonds is 6. The van der Waals surface area contributed by atoms with Crippen LogP contribution in [0.15, 0.2) is 71.6 Å². The predicted molar refractivity (Wildman–Crippen MR) is 113 cm³/mol. The van der Waals surface area contributed by atoms with Gasteiger partial charge in [0.05, 0.1) is 10.6 Å². The maximum atomic E-state index is 13.4. The highest BCUT2D eigenvalue weighted by atomic mass is 32.2. The van der Waals surface area contributed by atoms with Crippen molar-refractivity contribution >= 4 is 27.3 Å². The molecular weight excluding hydrogens is 423 g/mol. The zero-order valence-electron chi connectivity index (χ0n) is 16.5. The number of hydrogen-bond acceptors (Lipinski definition) is 5. The molecule has 9 heteroatoms. The molecule has 1 heterocycles. The Morgan fingerprint density at radius 3 is 2.39 bits per heavy atom. The van der Waals surface area contributed by atoms with E-state index in [1.165, 1.54) is 24.3 Å². The van der Waals surface area contributed by atoms with Crippen LogP contribution in [0, 0.1) is 12.7 Å². The molecule has 1 aliphatic rings. The summed E-state index contributed by atoms with van der Waals surface area (Å²) in [6, 6.07) is 16.1. The fourth-order valence-corrected chi connectivity index (χ4v) is 4.49. The van der Waals surface area contributed by atoms with Crippen molar-refractivity contribution < 1.29 is 27.1 Å². The van der Waals surface area contributed by atoms with E-state index in [0.717, 1.165) is 22.0 Å². The van der Waals surface area contributed by atoms with E-state index in [4.69, 9.17) is 9.47 Å². The fourth-order valence-electron chi connectivity index (χ4n) is 3.07. The molecule has 0 unspecified atom stereocenters. The zero-order chi connectivity index (χ0) is 22.0. The van der Waals surface area contributed by atoms with Crippen LogP contribution < -0.4 is 19.1 Å². The average molecular weight is 442 g/mol. The second-order valence-electron chi connectivity index (χ2n) is 6.92. The number of sulfonamides is 1. The van der Waals surface area contributed by atoms with Gasteiger partial charge in [-0.2, -0.15) is 0 Å². The molecule has 0 atom stereocenters. The Balaban J connectivity index is 1.62. The van der Waals surface area contributed by atoms with Gasteiger partial charge in [0.15, 0.2) is 11.5 Å². The summed E-state index contributed by atoms with van der Waals surface area (Å²) in [7, 11) is -4.08. The van der Waals surface area contributed by atoms with E-state index in [1.807, 2.05) is 6.92 Å². The van der Waals surface area contributed by atoms with Gasteiger partial charge in [-0.05, 0) is 55.5 Å². The van der Waals surface area contributed by atoms with Gasteiger partial charge in [0.2, 0.25) is 12.7 Å². The molecule has 0 saturated heterocycles. The number of halogens is 1. The molecule has 0 spiro atoms. The number of anilines is 2. The number of aryl methyl sites for hydroxylation is 1. The Labute approximate surface area is 179 Å². The molecule has 4 rings (SSSR count). The highest BCUT2D eigenvalue weighted by molar-refractivity contribution is 7.92. The van der Waals surface area contributed by atoms with Gasteiger partial charge in [0.25, 0.3) is 10.0 Å². The first kappa shape index (κ1) is 20.7. The Kier molecular flexibility index (Phi) is 5.51. The van der Waals surface area contributed by atoms with Crippen molar-refractivity contribution in [2.75, 3.05) is 23.0 Å². The van der Waals surface area contributed by atoms with Crippen molar-refractivity contribution in [2.45, 2.75) is 11.8 Å². The predicted octanol–water partition coefficient (Wildman–Crippen LogP) is 3.70. The number of benzene rings is 3. The maximum Gasteiger partial charge on any atom is 0.264 e. The van der Waals surface area contributed by atoms with Crippen LogP contribution in [0.3, 0.4) is 0 Å². The lowest BCUT2D eigenvalue weighted by Crippen LogP contribution is -2.38. The fraction of sp³-hybridized carbons (Fsp3) is 0.136. The lowest BCUT2D eigenvalue weighted by atomic mass is 10.2. The van der Waals surface area contributed by atoms with E-state index in [1.54, 1.807) is 30.3 Å². The molecule has 3 aromatic rings. The number of carbonyl (C=O) groups excluding carboxylic acids is 1. The monoisotopic (exact) mass is 442 g/mol. The van der Waals surface area contributed by atoms with Crippen molar-refractivity contribution in [3.8, 4) is 11.5 Å². The molecule has 0 aromatic heterocycles. The van der Waals surface area contributed by atoms with Crippen LogP contribution in [0.25, 0.3) is 0 Å². The third kappa shape index (κ3) is 4.46. The summed E-state index contributed by atoms with van der Waals surface area (Å²) < 4.78 is 51.4. The second-order valence-corrected chi connectivity index (χ2v) is 8.78. The first-order valence-electron chi connectivity index (χ1n) is 9.37. The van der Waals surface area contributed by atoms with E-state index < -0.39 is 28.3 Å². The number of nitrogens with zero attached hydrogens (tertiary/aromatic N) is 1. The SMILES string of the molecule is Cc1ccc(S(=O)(=O)N(CC(=O)Nc2ccc3c(c2)OCO3)c2ccc(F)cc2)cc1. The van der Waals surface area contributed by atoms with Crippen molar-refractivity contribution in [1.82, 2.24) is 0 Å². The molecule has 160 valence electrons. The molecule has 0 bridgehead atoms. The lowest BCUT2D eigenvalue weighted by molar-refractivity contribution is -0.114. The third-order valence-electron chi connectivity index (χ3n) is 4.67. The van der Waals surface area contributed by atoms with E-state index in [2.05, 4.69) is 5.32 Å². The molecule has 1 aliphatic heterocycles. The number of nitrogens with one attached hydrogen (secondary N) is 1. The minimum Gasteiger partial charge on any atom is -0.454 e. The standard InChI is InChI=1S/C22H19FN2O5S/c1-15-2-9-19(10-3-15)31(27,28)25(18-7-4-16(23)5-8-18)13-22(26)24-17-6-11-20-21(12-17)30-14-29-20/h2-12H,13-14H2,1H3,(H,24,26).